The van der Waals surface area contributed by atoms with Gasteiger partial charge in [-0.25, -0.2) is 0 Å². The minimum absolute atomic E-state index is 0.294. The van der Waals surface area contributed by atoms with E-state index in [0.717, 1.165) is 25.8 Å². The van der Waals surface area contributed by atoms with E-state index >= 15 is 0 Å². The third kappa shape index (κ3) is 4.25. The summed E-state index contributed by atoms with van der Waals surface area (Å²) in [6, 6.07) is 4.26. The van der Waals surface area contributed by atoms with E-state index in [9.17, 15) is 4.79 Å². The zero-order chi connectivity index (χ0) is 12.8. The Labute approximate surface area is 103 Å². The molecule has 0 saturated heterocycles. The van der Waals surface area contributed by atoms with Crippen LogP contribution in [-0.4, -0.2) is 15.6 Å². The summed E-state index contributed by atoms with van der Waals surface area (Å²) in [6.07, 6.45) is 3.22. The van der Waals surface area contributed by atoms with Gasteiger partial charge in [-0.15, -0.1) is 0 Å². The van der Waals surface area contributed by atoms with Crippen molar-refractivity contribution in [3.8, 4) is 0 Å². The lowest BCUT2D eigenvalue weighted by Crippen LogP contribution is -2.09. The molecule has 0 fully saturated rings. The number of aryl methyl sites for hydroxylation is 2. The molecule has 0 saturated carbocycles. The van der Waals surface area contributed by atoms with Crippen molar-refractivity contribution in [3.63, 3.8) is 0 Å². The predicted octanol–water partition coefficient (Wildman–Crippen LogP) is 3.39. The molecule has 0 aliphatic carbocycles. The highest BCUT2D eigenvalue weighted by Crippen LogP contribution is 2.18. The average molecular weight is 237 g/mol. The molecule has 1 aromatic heterocycles. The van der Waals surface area contributed by atoms with Gasteiger partial charge in [0.1, 0.15) is 0 Å². The molecule has 3 heteroatoms. The molecule has 1 atom stereocenters. The van der Waals surface area contributed by atoms with E-state index in [1.807, 2.05) is 0 Å². The summed E-state index contributed by atoms with van der Waals surface area (Å²) in [4.78, 5) is 10.6. The molecule has 0 spiro atoms. The Bertz CT molecular complexity index is 349. The maximum atomic E-state index is 10.6. The third-order valence-electron chi connectivity index (χ3n) is 3.52. The number of nitrogens with zero attached hydrogens (tertiary/aromatic N) is 1. The van der Waals surface area contributed by atoms with Crippen LogP contribution in [0.5, 0.6) is 0 Å². The van der Waals surface area contributed by atoms with E-state index in [2.05, 4.69) is 37.5 Å². The minimum atomic E-state index is -0.684. The van der Waals surface area contributed by atoms with Gasteiger partial charge in [0, 0.05) is 24.4 Å². The first-order chi connectivity index (χ1) is 8.04. The number of hydrogen-bond donors (Lipinski definition) is 1. The predicted molar refractivity (Wildman–Crippen MR) is 69.2 cm³/mol. The maximum Gasteiger partial charge on any atom is 0.303 e. The molecule has 1 rings (SSSR count). The number of aromatic nitrogens is 1. The Hall–Kier alpha value is -1.25. The third-order valence-corrected chi connectivity index (χ3v) is 3.52. The molecule has 1 aromatic rings. The second-order valence-corrected chi connectivity index (χ2v) is 4.76. The number of hydrogen-bond acceptors (Lipinski definition) is 1. The topological polar surface area (TPSA) is 42.2 Å². The van der Waals surface area contributed by atoms with Crippen LogP contribution in [0.2, 0.25) is 0 Å². The Balaban J connectivity index is 2.45. The van der Waals surface area contributed by atoms with Crippen molar-refractivity contribution in [2.45, 2.75) is 53.0 Å². The van der Waals surface area contributed by atoms with Crippen LogP contribution >= 0.6 is 0 Å². The van der Waals surface area contributed by atoms with Gasteiger partial charge in [-0.3, -0.25) is 4.79 Å². The summed E-state index contributed by atoms with van der Waals surface area (Å²) in [5.41, 5.74) is 2.58. The van der Waals surface area contributed by atoms with Crippen molar-refractivity contribution in [1.29, 1.82) is 0 Å². The van der Waals surface area contributed by atoms with Crippen molar-refractivity contribution in [3.05, 3.63) is 23.5 Å². The Morgan fingerprint density at radius 2 is 1.88 bits per heavy atom. The van der Waals surface area contributed by atoms with E-state index in [4.69, 9.17) is 5.11 Å². The normalized spacial score (nSPS) is 12.6. The van der Waals surface area contributed by atoms with Gasteiger partial charge in [0.2, 0.25) is 0 Å². The molecule has 0 aliphatic rings. The zero-order valence-corrected chi connectivity index (χ0v) is 11.1. The summed E-state index contributed by atoms with van der Waals surface area (Å²) in [5.74, 6) is -0.163. The lowest BCUT2D eigenvalue weighted by atomic mass is 9.96. The summed E-state index contributed by atoms with van der Waals surface area (Å²) < 4.78 is 2.31. The van der Waals surface area contributed by atoms with E-state index < -0.39 is 5.97 Å². The molecule has 1 unspecified atom stereocenters. The molecule has 1 heterocycles. The van der Waals surface area contributed by atoms with Gasteiger partial charge in [0.25, 0.3) is 0 Å². The van der Waals surface area contributed by atoms with Crippen LogP contribution in [0.1, 0.15) is 44.0 Å². The van der Waals surface area contributed by atoms with Gasteiger partial charge in [-0.2, -0.15) is 0 Å². The lowest BCUT2D eigenvalue weighted by Gasteiger charge is -2.16. The average Bonchev–Trinajstić information content (AvgIpc) is 2.59. The minimum Gasteiger partial charge on any atom is -0.481 e. The molecule has 0 aromatic carbocycles. The number of aliphatic carboxylic acids is 1. The Morgan fingerprint density at radius 1 is 1.29 bits per heavy atom. The van der Waals surface area contributed by atoms with Gasteiger partial charge < -0.3 is 9.67 Å². The first-order valence-electron chi connectivity index (χ1n) is 6.39. The summed E-state index contributed by atoms with van der Waals surface area (Å²) in [7, 11) is 0. The highest BCUT2D eigenvalue weighted by molar-refractivity contribution is 5.66. The van der Waals surface area contributed by atoms with Crippen molar-refractivity contribution >= 4 is 5.97 Å². The van der Waals surface area contributed by atoms with Crippen LogP contribution in [0.3, 0.4) is 0 Å². The van der Waals surface area contributed by atoms with Crippen LogP contribution in [-0.2, 0) is 11.3 Å². The SMILES string of the molecule is CCC(CCC(=O)O)CCn1c(C)ccc1C. The molecule has 17 heavy (non-hydrogen) atoms. The summed E-state index contributed by atoms with van der Waals surface area (Å²) in [5, 5.41) is 8.69. The van der Waals surface area contributed by atoms with Gasteiger partial charge in [-0.05, 0) is 44.7 Å². The smallest absolute Gasteiger partial charge is 0.303 e. The van der Waals surface area contributed by atoms with Gasteiger partial charge >= 0.3 is 5.97 Å². The van der Waals surface area contributed by atoms with Gasteiger partial charge in [-0.1, -0.05) is 13.3 Å². The largest absolute Gasteiger partial charge is 0.481 e. The summed E-state index contributed by atoms with van der Waals surface area (Å²) in [6.45, 7) is 7.38. The van der Waals surface area contributed by atoms with Crippen molar-refractivity contribution in [1.82, 2.24) is 4.57 Å². The molecule has 0 amide bonds. The van der Waals surface area contributed by atoms with Crippen LogP contribution < -0.4 is 0 Å². The van der Waals surface area contributed by atoms with Crippen molar-refractivity contribution < 1.29 is 9.90 Å². The molecule has 0 radical (unpaired) electrons. The number of carboxylic acids is 1. The monoisotopic (exact) mass is 237 g/mol. The summed E-state index contributed by atoms with van der Waals surface area (Å²) >= 11 is 0. The molecular weight excluding hydrogens is 214 g/mol. The quantitative estimate of drug-likeness (QED) is 0.790. The fraction of sp³-hybridized carbons (Fsp3) is 0.643. The highest BCUT2D eigenvalue weighted by Gasteiger charge is 2.10. The molecular formula is C14H23NO2. The van der Waals surface area contributed by atoms with E-state index in [1.165, 1.54) is 11.4 Å². The van der Waals surface area contributed by atoms with E-state index in [1.54, 1.807) is 0 Å². The van der Waals surface area contributed by atoms with Gasteiger partial charge in [0.05, 0.1) is 0 Å². The van der Waals surface area contributed by atoms with Crippen LogP contribution in [0.25, 0.3) is 0 Å². The fourth-order valence-electron chi connectivity index (χ4n) is 2.24. The standard InChI is InChI=1S/C14H23NO2/c1-4-13(7-8-14(16)17)9-10-15-11(2)5-6-12(15)3/h5-6,13H,4,7-10H2,1-3H3,(H,16,17). The molecule has 1 N–H and O–H groups in total. The van der Waals surface area contributed by atoms with Crippen molar-refractivity contribution in [2.24, 2.45) is 5.92 Å². The van der Waals surface area contributed by atoms with E-state index in [-0.39, 0.29) is 0 Å². The zero-order valence-electron chi connectivity index (χ0n) is 11.1. The molecule has 0 bridgehead atoms. The Kier molecular flexibility index (Phi) is 5.26. The molecule has 0 aliphatic heterocycles. The van der Waals surface area contributed by atoms with Crippen LogP contribution in [0.4, 0.5) is 0 Å². The maximum absolute atomic E-state index is 10.6. The second-order valence-electron chi connectivity index (χ2n) is 4.76. The van der Waals surface area contributed by atoms with E-state index in [0.29, 0.717) is 12.3 Å². The van der Waals surface area contributed by atoms with Gasteiger partial charge in [0.15, 0.2) is 0 Å². The van der Waals surface area contributed by atoms with Crippen LogP contribution in [0, 0.1) is 19.8 Å². The van der Waals surface area contributed by atoms with Crippen molar-refractivity contribution in [2.75, 3.05) is 0 Å². The number of carbonyl (C=O) groups is 1. The molecule has 3 nitrogen and oxygen atoms in total. The second kappa shape index (κ2) is 6.48. The number of rotatable bonds is 7. The Morgan fingerprint density at radius 3 is 2.35 bits per heavy atom. The first kappa shape index (κ1) is 13.8. The first-order valence-corrected chi connectivity index (χ1v) is 6.39. The van der Waals surface area contributed by atoms with Crippen LogP contribution in [0.15, 0.2) is 12.1 Å². The molecule has 96 valence electrons. The highest BCUT2D eigenvalue weighted by atomic mass is 16.4. The fourth-order valence-corrected chi connectivity index (χ4v) is 2.24. The number of carboxylic acid groups (broad SMARTS) is 1. The lowest BCUT2D eigenvalue weighted by molar-refractivity contribution is -0.137.